The van der Waals surface area contributed by atoms with Crippen molar-refractivity contribution >= 4 is 40.4 Å². The van der Waals surface area contributed by atoms with Gasteiger partial charge in [0, 0.05) is 31.1 Å². The van der Waals surface area contributed by atoms with Crippen molar-refractivity contribution in [2.75, 3.05) is 10.2 Å². The molecule has 5 rings (SSSR count). The summed E-state index contributed by atoms with van der Waals surface area (Å²) in [6.07, 6.45) is 5.68. The zero-order valence-corrected chi connectivity index (χ0v) is 21.6. The molecule has 0 bridgehead atoms. The normalized spacial score (nSPS) is 18.0. The van der Waals surface area contributed by atoms with E-state index in [0.29, 0.717) is 34.9 Å². The summed E-state index contributed by atoms with van der Waals surface area (Å²) in [4.78, 5) is 42.3. The SMILES string of the molecule is NCc1cccc(CNC(=O)c2ccc3c(c2)NC(=O)CC(C2CCCCC2)N3C(=O)c2cccs2)c1. The van der Waals surface area contributed by atoms with Crippen molar-refractivity contribution in [2.45, 2.75) is 57.7 Å². The van der Waals surface area contributed by atoms with Crippen LogP contribution in [-0.4, -0.2) is 23.8 Å². The highest BCUT2D eigenvalue weighted by atomic mass is 32.1. The molecule has 192 valence electrons. The number of nitrogens with zero attached hydrogens (tertiary/aromatic N) is 1. The number of benzene rings is 2. The highest BCUT2D eigenvalue weighted by Gasteiger charge is 2.38. The van der Waals surface area contributed by atoms with Gasteiger partial charge in [0.05, 0.1) is 16.3 Å². The van der Waals surface area contributed by atoms with Gasteiger partial charge in [-0.2, -0.15) is 0 Å². The van der Waals surface area contributed by atoms with E-state index in [1.54, 1.807) is 18.2 Å². The monoisotopic (exact) mass is 516 g/mol. The standard InChI is InChI=1S/C29H32N4O3S/c30-17-19-6-4-7-20(14-19)18-31-28(35)22-11-12-24-23(15-22)32-27(34)16-25(21-8-2-1-3-9-21)33(24)29(36)26-10-5-13-37-26/h4-7,10-15,21,25H,1-3,8-9,16-18,30H2,(H,31,35)(H,32,34). The highest BCUT2D eigenvalue weighted by molar-refractivity contribution is 7.12. The Kier molecular flexibility index (Phi) is 7.67. The molecule has 2 aliphatic rings. The first-order valence-electron chi connectivity index (χ1n) is 12.9. The summed E-state index contributed by atoms with van der Waals surface area (Å²) in [6.45, 7) is 0.803. The van der Waals surface area contributed by atoms with Crippen LogP contribution in [0, 0.1) is 5.92 Å². The van der Waals surface area contributed by atoms with Crippen LogP contribution in [0.5, 0.6) is 0 Å². The number of hydrogen-bond donors (Lipinski definition) is 3. The van der Waals surface area contributed by atoms with Gasteiger partial charge >= 0.3 is 0 Å². The Balaban J connectivity index is 1.44. The molecule has 1 unspecified atom stereocenters. The maximum atomic E-state index is 13.8. The smallest absolute Gasteiger partial charge is 0.268 e. The van der Waals surface area contributed by atoms with Crippen molar-refractivity contribution in [3.05, 3.63) is 81.5 Å². The first-order valence-corrected chi connectivity index (χ1v) is 13.8. The van der Waals surface area contributed by atoms with Gasteiger partial charge in [-0.3, -0.25) is 14.4 Å². The van der Waals surface area contributed by atoms with Crippen molar-refractivity contribution in [2.24, 2.45) is 11.7 Å². The molecule has 1 saturated carbocycles. The lowest BCUT2D eigenvalue weighted by molar-refractivity contribution is -0.116. The van der Waals surface area contributed by atoms with Gasteiger partial charge in [0.15, 0.2) is 0 Å². The summed E-state index contributed by atoms with van der Waals surface area (Å²) >= 11 is 1.40. The molecule has 7 nitrogen and oxygen atoms in total. The molecule has 2 heterocycles. The number of nitrogens with two attached hydrogens (primary N) is 1. The van der Waals surface area contributed by atoms with E-state index in [1.807, 2.05) is 46.7 Å². The second kappa shape index (κ2) is 11.3. The van der Waals surface area contributed by atoms with Crippen molar-refractivity contribution in [1.82, 2.24) is 5.32 Å². The minimum absolute atomic E-state index is 0.0969. The summed E-state index contributed by atoms with van der Waals surface area (Å²) in [5.41, 5.74) is 9.25. The van der Waals surface area contributed by atoms with E-state index in [1.165, 1.54) is 17.8 Å². The van der Waals surface area contributed by atoms with E-state index in [9.17, 15) is 14.4 Å². The molecule has 4 N–H and O–H groups in total. The molecule has 3 amide bonds. The Morgan fingerprint density at radius 1 is 1.03 bits per heavy atom. The molecule has 0 radical (unpaired) electrons. The molecule has 1 fully saturated rings. The second-order valence-corrected chi connectivity index (χ2v) is 10.8. The quantitative estimate of drug-likeness (QED) is 0.425. The maximum absolute atomic E-state index is 13.8. The van der Waals surface area contributed by atoms with E-state index in [-0.39, 0.29) is 36.1 Å². The Morgan fingerprint density at radius 3 is 2.59 bits per heavy atom. The molecule has 8 heteroatoms. The molecule has 3 aromatic rings. The van der Waals surface area contributed by atoms with Gasteiger partial charge in [-0.05, 0) is 59.5 Å². The zero-order chi connectivity index (χ0) is 25.8. The molecular formula is C29H32N4O3S. The molecule has 0 spiro atoms. The summed E-state index contributed by atoms with van der Waals surface area (Å²) in [7, 11) is 0. The summed E-state index contributed by atoms with van der Waals surface area (Å²) in [5, 5.41) is 7.82. The number of rotatable bonds is 6. The molecule has 0 saturated heterocycles. The van der Waals surface area contributed by atoms with Crippen LogP contribution < -0.4 is 21.3 Å². The van der Waals surface area contributed by atoms with Crippen molar-refractivity contribution in [1.29, 1.82) is 0 Å². The summed E-state index contributed by atoms with van der Waals surface area (Å²) in [6, 6.07) is 16.5. The molecule has 1 aromatic heterocycles. The predicted octanol–water partition coefficient (Wildman–Crippen LogP) is 5.07. The van der Waals surface area contributed by atoms with E-state index < -0.39 is 0 Å². The highest BCUT2D eigenvalue weighted by Crippen LogP contribution is 2.40. The number of anilines is 2. The third-order valence-corrected chi connectivity index (χ3v) is 8.20. The number of fused-ring (bicyclic) bond motifs is 1. The number of carbonyl (C=O) groups excluding carboxylic acids is 3. The molecule has 1 aliphatic carbocycles. The van der Waals surface area contributed by atoms with Gasteiger partial charge < -0.3 is 21.3 Å². The van der Waals surface area contributed by atoms with Crippen LogP contribution in [0.1, 0.15) is 69.7 Å². The van der Waals surface area contributed by atoms with Crippen molar-refractivity contribution < 1.29 is 14.4 Å². The Labute approximate surface area is 221 Å². The minimum atomic E-state index is -0.251. The first-order chi connectivity index (χ1) is 18.0. The number of amides is 3. The number of carbonyl (C=O) groups is 3. The van der Waals surface area contributed by atoms with Gasteiger partial charge in [-0.25, -0.2) is 0 Å². The molecule has 1 atom stereocenters. The fourth-order valence-electron chi connectivity index (χ4n) is 5.47. The van der Waals surface area contributed by atoms with Crippen LogP contribution in [0.25, 0.3) is 0 Å². The number of thiophene rings is 1. The fraction of sp³-hybridized carbons (Fsp3) is 0.345. The molecular weight excluding hydrogens is 484 g/mol. The van der Waals surface area contributed by atoms with Crippen LogP contribution in [0.3, 0.4) is 0 Å². The van der Waals surface area contributed by atoms with Gasteiger partial charge in [0.1, 0.15) is 0 Å². The van der Waals surface area contributed by atoms with E-state index >= 15 is 0 Å². The van der Waals surface area contributed by atoms with E-state index in [2.05, 4.69) is 10.6 Å². The zero-order valence-electron chi connectivity index (χ0n) is 20.7. The van der Waals surface area contributed by atoms with E-state index in [4.69, 9.17) is 5.73 Å². The summed E-state index contributed by atoms with van der Waals surface area (Å²) in [5.74, 6) is -0.212. The third kappa shape index (κ3) is 5.60. The van der Waals surface area contributed by atoms with Gasteiger partial charge in [0.2, 0.25) is 5.91 Å². The Hall–Kier alpha value is -3.49. The average Bonchev–Trinajstić information content (AvgIpc) is 3.43. The lowest BCUT2D eigenvalue weighted by atomic mass is 9.81. The Bertz CT molecular complexity index is 1280. The first kappa shape index (κ1) is 25.2. The Morgan fingerprint density at radius 2 is 1.84 bits per heavy atom. The molecule has 37 heavy (non-hydrogen) atoms. The number of nitrogens with one attached hydrogen (secondary N) is 2. The summed E-state index contributed by atoms with van der Waals surface area (Å²) < 4.78 is 0. The van der Waals surface area contributed by atoms with Crippen molar-refractivity contribution in [3.63, 3.8) is 0 Å². The lowest BCUT2D eigenvalue weighted by Crippen LogP contribution is -2.45. The molecule has 2 aromatic carbocycles. The average molecular weight is 517 g/mol. The van der Waals surface area contributed by atoms with E-state index in [0.717, 1.165) is 36.8 Å². The number of hydrogen-bond acceptors (Lipinski definition) is 5. The van der Waals surface area contributed by atoms with Crippen molar-refractivity contribution in [3.8, 4) is 0 Å². The van der Waals surface area contributed by atoms with Gasteiger partial charge in [-0.1, -0.05) is 49.6 Å². The van der Waals surface area contributed by atoms with Crippen LogP contribution >= 0.6 is 11.3 Å². The third-order valence-electron chi connectivity index (χ3n) is 7.34. The van der Waals surface area contributed by atoms with Crippen LogP contribution in [0.15, 0.2) is 60.0 Å². The largest absolute Gasteiger partial charge is 0.348 e. The van der Waals surface area contributed by atoms with Crippen LogP contribution in [0.4, 0.5) is 11.4 Å². The van der Waals surface area contributed by atoms with Crippen LogP contribution in [-0.2, 0) is 17.9 Å². The fourth-order valence-corrected chi connectivity index (χ4v) is 6.14. The minimum Gasteiger partial charge on any atom is -0.348 e. The lowest BCUT2D eigenvalue weighted by Gasteiger charge is -2.37. The molecule has 1 aliphatic heterocycles. The maximum Gasteiger partial charge on any atom is 0.268 e. The second-order valence-electron chi connectivity index (χ2n) is 9.81. The van der Waals surface area contributed by atoms with Gasteiger partial charge in [0.25, 0.3) is 11.8 Å². The van der Waals surface area contributed by atoms with Crippen LogP contribution in [0.2, 0.25) is 0 Å². The predicted molar refractivity (Wildman–Crippen MR) is 147 cm³/mol. The topological polar surface area (TPSA) is 105 Å². The van der Waals surface area contributed by atoms with Gasteiger partial charge in [-0.15, -0.1) is 11.3 Å².